The minimum Gasteiger partial charge on any atom is -0.350 e. The zero-order chi connectivity index (χ0) is 33.6. The number of rotatable bonds is 11. The van der Waals surface area contributed by atoms with E-state index in [1.165, 1.54) is 23.1 Å². The molecule has 242 valence electrons. The summed E-state index contributed by atoms with van der Waals surface area (Å²) in [6, 6.07) is 26.8. The maximum atomic E-state index is 14.6. The van der Waals surface area contributed by atoms with Gasteiger partial charge in [0.1, 0.15) is 12.6 Å². The maximum Gasteiger partial charge on any atom is 0.264 e. The molecule has 4 aromatic carbocycles. The van der Waals surface area contributed by atoms with Gasteiger partial charge in [-0.3, -0.25) is 13.9 Å². The molecule has 0 unspecified atom stereocenters. The second-order valence-corrected chi connectivity index (χ2v) is 15.1. The first-order chi connectivity index (χ1) is 21.6. The van der Waals surface area contributed by atoms with Gasteiger partial charge in [-0.25, -0.2) is 8.42 Å². The Hall–Kier alpha value is -3.85. The van der Waals surface area contributed by atoms with E-state index in [1.807, 2.05) is 64.1 Å². The highest BCUT2D eigenvalue weighted by molar-refractivity contribution is 7.92. The monoisotopic (exact) mass is 679 g/mol. The number of nitrogens with one attached hydrogen (secondary N) is 1. The lowest BCUT2D eigenvalue weighted by Gasteiger charge is -2.35. The van der Waals surface area contributed by atoms with E-state index in [-0.39, 0.29) is 29.5 Å². The van der Waals surface area contributed by atoms with E-state index in [0.29, 0.717) is 21.2 Å². The third kappa shape index (κ3) is 9.12. The SMILES string of the molecule is Cc1ccc(S(=O)(=O)N(CC(=O)N(Cc2cccc(Cl)c2)[C@H](Cc2ccccc2)C(=O)NC(C)(C)C)c2cc(Cl)ccc2C)cc1. The van der Waals surface area contributed by atoms with Crippen LogP contribution in [-0.4, -0.2) is 43.3 Å². The lowest BCUT2D eigenvalue weighted by molar-refractivity contribution is -0.140. The largest absolute Gasteiger partial charge is 0.350 e. The number of anilines is 1. The van der Waals surface area contributed by atoms with Crippen LogP contribution in [-0.2, 0) is 32.6 Å². The summed E-state index contributed by atoms with van der Waals surface area (Å²) >= 11 is 12.7. The van der Waals surface area contributed by atoms with Gasteiger partial charge in [0.25, 0.3) is 10.0 Å². The minimum absolute atomic E-state index is 0.0153. The number of carbonyl (C=O) groups is 2. The van der Waals surface area contributed by atoms with Gasteiger partial charge in [0.2, 0.25) is 11.8 Å². The van der Waals surface area contributed by atoms with Gasteiger partial charge in [0.15, 0.2) is 0 Å². The Morgan fingerprint density at radius 2 is 1.43 bits per heavy atom. The van der Waals surface area contributed by atoms with Gasteiger partial charge in [0, 0.05) is 28.5 Å². The van der Waals surface area contributed by atoms with Gasteiger partial charge in [-0.05, 0) is 87.7 Å². The van der Waals surface area contributed by atoms with Crippen LogP contribution in [0.15, 0.2) is 102 Å². The first-order valence-corrected chi connectivity index (χ1v) is 17.1. The molecule has 4 rings (SSSR count). The highest BCUT2D eigenvalue weighted by Crippen LogP contribution is 2.30. The molecule has 0 aromatic heterocycles. The van der Waals surface area contributed by atoms with Gasteiger partial charge in [-0.1, -0.05) is 89.4 Å². The summed E-state index contributed by atoms with van der Waals surface area (Å²) in [5.74, 6) is -0.932. The molecule has 1 atom stereocenters. The molecule has 0 radical (unpaired) electrons. The zero-order valence-electron chi connectivity index (χ0n) is 26.6. The Morgan fingerprint density at radius 3 is 2.07 bits per heavy atom. The number of hydrogen-bond donors (Lipinski definition) is 1. The van der Waals surface area contributed by atoms with E-state index < -0.39 is 34.1 Å². The molecule has 10 heteroatoms. The molecule has 7 nitrogen and oxygen atoms in total. The van der Waals surface area contributed by atoms with Crippen LogP contribution in [0.3, 0.4) is 0 Å². The molecule has 46 heavy (non-hydrogen) atoms. The molecule has 0 aliphatic rings. The van der Waals surface area contributed by atoms with Crippen LogP contribution in [0.4, 0.5) is 5.69 Å². The molecule has 0 saturated heterocycles. The molecule has 2 amide bonds. The highest BCUT2D eigenvalue weighted by Gasteiger charge is 2.36. The number of carbonyl (C=O) groups excluding carboxylic acids is 2. The van der Waals surface area contributed by atoms with Crippen LogP contribution < -0.4 is 9.62 Å². The fraction of sp³-hybridized carbons (Fsp3) is 0.278. The van der Waals surface area contributed by atoms with Crippen molar-refractivity contribution in [1.29, 1.82) is 0 Å². The molecular formula is C36H39Cl2N3O4S. The van der Waals surface area contributed by atoms with Crippen LogP contribution >= 0.6 is 23.2 Å². The third-order valence-electron chi connectivity index (χ3n) is 7.34. The van der Waals surface area contributed by atoms with Gasteiger partial charge in [0.05, 0.1) is 10.6 Å². The Bertz CT molecular complexity index is 1790. The lowest BCUT2D eigenvalue weighted by atomic mass is 10.0. The summed E-state index contributed by atoms with van der Waals surface area (Å²) in [6.07, 6.45) is 0.204. The van der Waals surface area contributed by atoms with Crippen molar-refractivity contribution in [2.24, 2.45) is 0 Å². The van der Waals surface area contributed by atoms with Crippen LogP contribution in [0, 0.1) is 13.8 Å². The first-order valence-electron chi connectivity index (χ1n) is 14.9. The van der Waals surface area contributed by atoms with E-state index in [0.717, 1.165) is 15.4 Å². The van der Waals surface area contributed by atoms with Crippen molar-refractivity contribution in [2.75, 3.05) is 10.8 Å². The number of benzene rings is 4. The van der Waals surface area contributed by atoms with Crippen molar-refractivity contribution in [1.82, 2.24) is 10.2 Å². The molecule has 0 aliphatic carbocycles. The zero-order valence-corrected chi connectivity index (χ0v) is 29.0. The van der Waals surface area contributed by atoms with Crippen LogP contribution in [0.5, 0.6) is 0 Å². The fourth-order valence-corrected chi connectivity index (χ4v) is 6.89. The number of sulfonamides is 1. The van der Waals surface area contributed by atoms with Crippen molar-refractivity contribution in [2.45, 2.75) is 64.1 Å². The van der Waals surface area contributed by atoms with Crippen molar-refractivity contribution < 1.29 is 18.0 Å². The van der Waals surface area contributed by atoms with Crippen LogP contribution in [0.25, 0.3) is 0 Å². The first kappa shape index (κ1) is 35.0. The molecule has 0 bridgehead atoms. The van der Waals surface area contributed by atoms with E-state index in [9.17, 15) is 18.0 Å². The van der Waals surface area contributed by atoms with E-state index in [2.05, 4.69) is 5.32 Å². The summed E-state index contributed by atoms with van der Waals surface area (Å²) in [7, 11) is -4.25. The average Bonchev–Trinajstić information content (AvgIpc) is 2.98. The second kappa shape index (κ2) is 14.7. The topological polar surface area (TPSA) is 86.8 Å². The number of amides is 2. The summed E-state index contributed by atoms with van der Waals surface area (Å²) in [5, 5.41) is 3.82. The summed E-state index contributed by atoms with van der Waals surface area (Å²) in [4.78, 5) is 30.1. The maximum absolute atomic E-state index is 14.6. The summed E-state index contributed by atoms with van der Waals surface area (Å²) < 4.78 is 29.6. The number of nitrogens with zero attached hydrogens (tertiary/aromatic N) is 2. The second-order valence-electron chi connectivity index (χ2n) is 12.4. The average molecular weight is 681 g/mol. The summed E-state index contributed by atoms with van der Waals surface area (Å²) in [5.41, 5.74) is 2.71. The van der Waals surface area contributed by atoms with E-state index >= 15 is 0 Å². The van der Waals surface area contributed by atoms with Crippen molar-refractivity contribution in [3.8, 4) is 0 Å². The predicted molar refractivity (Wildman–Crippen MR) is 186 cm³/mol. The molecule has 0 fully saturated rings. The van der Waals surface area contributed by atoms with Gasteiger partial charge in [-0.15, -0.1) is 0 Å². The predicted octanol–water partition coefficient (Wildman–Crippen LogP) is 7.36. The molecule has 1 N–H and O–H groups in total. The minimum atomic E-state index is -4.25. The lowest BCUT2D eigenvalue weighted by Crippen LogP contribution is -2.56. The van der Waals surface area contributed by atoms with E-state index in [1.54, 1.807) is 49.4 Å². The molecule has 0 aliphatic heterocycles. The Labute approximate surface area is 282 Å². The van der Waals surface area contributed by atoms with Gasteiger partial charge in [-0.2, -0.15) is 0 Å². The quantitative estimate of drug-likeness (QED) is 0.179. The van der Waals surface area contributed by atoms with Crippen molar-refractivity contribution in [3.05, 3.63) is 129 Å². The molecule has 0 heterocycles. The van der Waals surface area contributed by atoms with Crippen LogP contribution in [0.1, 0.15) is 43.0 Å². The number of halogens is 2. The number of hydrogen-bond acceptors (Lipinski definition) is 4. The Morgan fingerprint density at radius 1 is 0.804 bits per heavy atom. The smallest absolute Gasteiger partial charge is 0.264 e. The third-order valence-corrected chi connectivity index (χ3v) is 9.58. The normalized spacial score (nSPS) is 12.3. The molecule has 0 saturated carbocycles. The molecular weight excluding hydrogens is 641 g/mol. The molecule has 4 aromatic rings. The van der Waals surface area contributed by atoms with E-state index in [4.69, 9.17) is 23.2 Å². The summed E-state index contributed by atoms with van der Waals surface area (Å²) in [6.45, 7) is 8.66. The van der Waals surface area contributed by atoms with Gasteiger partial charge < -0.3 is 10.2 Å². The Kier molecular flexibility index (Phi) is 11.2. The Balaban J connectivity index is 1.85. The highest BCUT2D eigenvalue weighted by atomic mass is 35.5. The van der Waals surface area contributed by atoms with Crippen LogP contribution in [0.2, 0.25) is 10.0 Å². The van der Waals surface area contributed by atoms with Crippen molar-refractivity contribution >= 4 is 50.7 Å². The standard InChI is InChI=1S/C36H39Cl2N3O4S/c1-25-14-18-31(19-15-25)46(44,45)41(32-22-30(38)17-16-26(32)2)24-34(42)40(23-28-12-9-13-29(37)20-28)33(35(43)39-36(3,4)5)21-27-10-7-6-8-11-27/h6-20,22,33H,21,23-24H2,1-5H3,(H,39,43)/t33-/m1/s1. The van der Waals surface area contributed by atoms with Gasteiger partial charge >= 0.3 is 0 Å². The fourth-order valence-electron chi connectivity index (χ4n) is 5.04. The molecule has 0 spiro atoms. The number of aryl methyl sites for hydroxylation is 2. The van der Waals surface area contributed by atoms with Crippen molar-refractivity contribution in [3.63, 3.8) is 0 Å².